The predicted octanol–water partition coefficient (Wildman–Crippen LogP) is 3.23. The second-order valence-electron chi connectivity index (χ2n) is 3.52. The third-order valence-corrected chi connectivity index (χ3v) is 3.31. The summed E-state index contributed by atoms with van der Waals surface area (Å²) < 4.78 is 5.32. The normalized spacial score (nSPS) is 12.9. The zero-order valence-electron chi connectivity index (χ0n) is 8.77. The Hall–Kier alpha value is -1.06. The number of rotatable bonds is 5. The average Bonchev–Trinajstić information content (AvgIpc) is 2.90. The molecule has 80 valence electrons. The lowest BCUT2D eigenvalue weighted by Crippen LogP contribution is -2.20. The van der Waals surface area contributed by atoms with Crippen molar-refractivity contribution in [3.05, 3.63) is 46.5 Å². The van der Waals surface area contributed by atoms with Gasteiger partial charge in [0.2, 0.25) is 0 Å². The van der Waals surface area contributed by atoms with E-state index in [2.05, 4.69) is 29.8 Å². The molecule has 0 saturated carbocycles. The van der Waals surface area contributed by atoms with E-state index in [-0.39, 0.29) is 0 Å². The van der Waals surface area contributed by atoms with Gasteiger partial charge < -0.3 is 9.73 Å². The van der Waals surface area contributed by atoms with E-state index in [0.29, 0.717) is 6.04 Å². The van der Waals surface area contributed by atoms with Crippen molar-refractivity contribution in [1.29, 1.82) is 0 Å². The minimum absolute atomic E-state index is 0.292. The summed E-state index contributed by atoms with van der Waals surface area (Å²) in [7, 11) is 0. The van der Waals surface area contributed by atoms with Crippen molar-refractivity contribution in [2.45, 2.75) is 19.4 Å². The van der Waals surface area contributed by atoms with Gasteiger partial charge in [0.1, 0.15) is 5.76 Å². The van der Waals surface area contributed by atoms with E-state index in [4.69, 9.17) is 4.42 Å². The number of hydrogen-bond acceptors (Lipinski definition) is 3. The van der Waals surface area contributed by atoms with Gasteiger partial charge in [0.05, 0.1) is 12.3 Å². The van der Waals surface area contributed by atoms with Crippen LogP contribution in [0, 0.1) is 0 Å². The first-order valence-electron chi connectivity index (χ1n) is 5.15. The van der Waals surface area contributed by atoms with Gasteiger partial charge >= 0.3 is 0 Å². The maximum Gasteiger partial charge on any atom is 0.120 e. The van der Waals surface area contributed by atoms with E-state index in [1.807, 2.05) is 23.5 Å². The van der Waals surface area contributed by atoms with Gasteiger partial charge in [0.25, 0.3) is 0 Å². The topological polar surface area (TPSA) is 25.2 Å². The highest BCUT2D eigenvalue weighted by Gasteiger charge is 2.06. The van der Waals surface area contributed by atoms with E-state index in [1.54, 1.807) is 6.26 Å². The minimum Gasteiger partial charge on any atom is -0.468 e. The summed E-state index contributed by atoms with van der Waals surface area (Å²) in [6.07, 6.45) is 2.80. The molecule has 0 radical (unpaired) electrons. The molecular weight excluding hydrogens is 206 g/mol. The largest absolute Gasteiger partial charge is 0.468 e. The van der Waals surface area contributed by atoms with E-state index < -0.39 is 0 Å². The Kier molecular flexibility index (Phi) is 3.59. The number of furan rings is 1. The Balaban J connectivity index is 1.74. The molecule has 2 heterocycles. The molecule has 0 aliphatic rings. The molecule has 0 spiro atoms. The summed E-state index contributed by atoms with van der Waals surface area (Å²) in [6, 6.07) is 8.48. The molecule has 2 aromatic rings. The third-order valence-electron chi connectivity index (χ3n) is 2.37. The first kappa shape index (κ1) is 10.5. The van der Waals surface area contributed by atoms with Gasteiger partial charge in [-0.25, -0.2) is 0 Å². The lowest BCUT2D eigenvalue weighted by Gasteiger charge is -2.10. The Morgan fingerprint density at radius 3 is 3.00 bits per heavy atom. The fourth-order valence-electron chi connectivity index (χ4n) is 1.50. The fraction of sp³-hybridized carbons (Fsp3) is 0.333. The van der Waals surface area contributed by atoms with E-state index in [9.17, 15) is 0 Å². The number of hydrogen-bond donors (Lipinski definition) is 1. The fourth-order valence-corrected chi connectivity index (χ4v) is 2.21. The summed E-state index contributed by atoms with van der Waals surface area (Å²) in [5.74, 6) is 1.00. The maximum atomic E-state index is 5.32. The van der Waals surface area contributed by atoms with Gasteiger partial charge in [0, 0.05) is 11.4 Å². The molecule has 0 saturated heterocycles. The second kappa shape index (κ2) is 5.14. The first-order chi connectivity index (χ1) is 7.36. The van der Waals surface area contributed by atoms with Gasteiger partial charge in [-0.3, -0.25) is 0 Å². The van der Waals surface area contributed by atoms with Crippen molar-refractivity contribution in [2.75, 3.05) is 6.54 Å². The van der Waals surface area contributed by atoms with Crippen LogP contribution in [0.2, 0.25) is 0 Å². The molecule has 2 nitrogen and oxygen atoms in total. The molecule has 0 aliphatic carbocycles. The summed E-state index contributed by atoms with van der Waals surface area (Å²) >= 11 is 1.81. The zero-order valence-corrected chi connectivity index (χ0v) is 9.59. The van der Waals surface area contributed by atoms with Crippen LogP contribution >= 0.6 is 11.3 Å². The lowest BCUT2D eigenvalue weighted by molar-refractivity contribution is 0.433. The number of nitrogens with one attached hydrogen (secondary N) is 1. The monoisotopic (exact) mass is 221 g/mol. The molecule has 0 aliphatic heterocycles. The first-order valence-corrected chi connectivity index (χ1v) is 6.03. The van der Waals surface area contributed by atoms with Crippen LogP contribution in [-0.4, -0.2) is 6.54 Å². The molecule has 0 unspecified atom stereocenters. The van der Waals surface area contributed by atoms with Crippen LogP contribution in [-0.2, 0) is 6.42 Å². The molecule has 2 aromatic heterocycles. The Bertz CT molecular complexity index is 366. The minimum atomic E-state index is 0.292. The Labute approximate surface area is 93.9 Å². The Morgan fingerprint density at radius 2 is 2.33 bits per heavy atom. The van der Waals surface area contributed by atoms with Gasteiger partial charge in [-0.2, -0.15) is 0 Å². The summed E-state index contributed by atoms with van der Waals surface area (Å²) in [4.78, 5) is 1.43. The summed E-state index contributed by atoms with van der Waals surface area (Å²) in [5, 5.41) is 5.55. The highest BCUT2D eigenvalue weighted by molar-refractivity contribution is 7.09. The van der Waals surface area contributed by atoms with Gasteiger partial charge in [-0.15, -0.1) is 11.3 Å². The van der Waals surface area contributed by atoms with Crippen LogP contribution in [0.15, 0.2) is 40.3 Å². The zero-order chi connectivity index (χ0) is 10.5. The molecular formula is C12H15NOS. The summed E-state index contributed by atoms with van der Waals surface area (Å²) in [6.45, 7) is 3.11. The van der Waals surface area contributed by atoms with Crippen LogP contribution in [0.4, 0.5) is 0 Å². The van der Waals surface area contributed by atoms with Crippen molar-refractivity contribution in [3.8, 4) is 0 Å². The maximum absolute atomic E-state index is 5.32. The molecule has 0 aromatic carbocycles. The number of thiophene rings is 1. The average molecular weight is 221 g/mol. The lowest BCUT2D eigenvalue weighted by atomic mass is 10.2. The van der Waals surface area contributed by atoms with Crippen molar-refractivity contribution in [2.24, 2.45) is 0 Å². The van der Waals surface area contributed by atoms with Gasteiger partial charge in [-0.1, -0.05) is 6.07 Å². The molecule has 0 amide bonds. The van der Waals surface area contributed by atoms with E-state index in [1.165, 1.54) is 4.88 Å². The van der Waals surface area contributed by atoms with Crippen LogP contribution in [0.25, 0.3) is 0 Å². The third kappa shape index (κ3) is 2.94. The van der Waals surface area contributed by atoms with Crippen LogP contribution in [0.3, 0.4) is 0 Å². The van der Waals surface area contributed by atoms with E-state index >= 15 is 0 Å². The highest BCUT2D eigenvalue weighted by atomic mass is 32.1. The van der Waals surface area contributed by atoms with E-state index in [0.717, 1.165) is 18.7 Å². The molecule has 1 atom stereocenters. The molecule has 1 N–H and O–H groups in total. The van der Waals surface area contributed by atoms with Crippen molar-refractivity contribution >= 4 is 11.3 Å². The predicted molar refractivity (Wildman–Crippen MR) is 63.1 cm³/mol. The molecule has 0 fully saturated rings. The Morgan fingerprint density at radius 1 is 1.40 bits per heavy atom. The highest BCUT2D eigenvalue weighted by Crippen LogP contribution is 2.13. The van der Waals surface area contributed by atoms with Crippen LogP contribution in [0.5, 0.6) is 0 Å². The molecule has 3 heteroatoms. The quantitative estimate of drug-likeness (QED) is 0.838. The van der Waals surface area contributed by atoms with Crippen LogP contribution < -0.4 is 5.32 Å². The second-order valence-corrected chi connectivity index (χ2v) is 4.55. The smallest absolute Gasteiger partial charge is 0.120 e. The standard InChI is InChI=1S/C12H15NOS/c1-10(12-5-2-8-14-12)13-7-6-11-4-3-9-15-11/h2-5,8-10,13H,6-7H2,1H3/t10-/m1/s1. The molecule has 2 rings (SSSR count). The van der Waals surface area contributed by atoms with Crippen molar-refractivity contribution in [1.82, 2.24) is 5.32 Å². The van der Waals surface area contributed by atoms with Crippen molar-refractivity contribution in [3.63, 3.8) is 0 Å². The molecule has 15 heavy (non-hydrogen) atoms. The van der Waals surface area contributed by atoms with Gasteiger partial charge in [-0.05, 0) is 36.9 Å². The summed E-state index contributed by atoms with van der Waals surface area (Å²) in [5.41, 5.74) is 0. The van der Waals surface area contributed by atoms with Gasteiger partial charge in [0.15, 0.2) is 0 Å². The molecule has 0 bridgehead atoms. The van der Waals surface area contributed by atoms with Crippen molar-refractivity contribution < 1.29 is 4.42 Å². The SMILES string of the molecule is C[C@@H](NCCc1cccs1)c1ccco1. The van der Waals surface area contributed by atoms with Crippen LogP contribution in [0.1, 0.15) is 23.6 Å².